The van der Waals surface area contributed by atoms with E-state index < -0.39 is 7.14 Å². The number of rotatable bonds is 3. The first-order valence-corrected chi connectivity index (χ1v) is 7.40. The maximum atomic E-state index is 12.0. The molecule has 1 aromatic carbocycles. The van der Waals surface area contributed by atoms with Gasteiger partial charge in [0, 0.05) is 11.3 Å². The average Bonchev–Trinajstić information content (AvgIpc) is 2.01. The van der Waals surface area contributed by atoms with Crippen LogP contribution in [0.25, 0.3) is 0 Å². The molecule has 1 unspecified atom stereocenters. The van der Waals surface area contributed by atoms with E-state index in [-0.39, 0.29) is 18.4 Å². The molecule has 0 aromatic heterocycles. The molecule has 0 bridgehead atoms. The van der Waals surface area contributed by atoms with Crippen LogP contribution in [0, 0.1) is 0 Å². The molecular weight excluding hydrogens is 229 g/mol. The van der Waals surface area contributed by atoms with Gasteiger partial charge in [0.05, 0.1) is 0 Å². The first-order valence-electron chi connectivity index (χ1n) is 4.80. The number of halogens is 1. The summed E-state index contributed by atoms with van der Waals surface area (Å²) < 4.78 is 12.0. The molecule has 0 fully saturated rings. The van der Waals surface area contributed by atoms with E-state index in [1.165, 1.54) is 0 Å². The smallest absolute Gasteiger partial charge is 0.110 e. The monoisotopic (exact) mass is 247 g/mol. The zero-order valence-electron chi connectivity index (χ0n) is 9.43. The lowest BCUT2D eigenvalue weighted by molar-refractivity contribution is 0.588. The zero-order chi connectivity index (χ0) is 10.8. The van der Waals surface area contributed by atoms with Gasteiger partial charge in [-0.25, -0.2) is 0 Å². The zero-order valence-corrected chi connectivity index (χ0v) is 11.1. The summed E-state index contributed by atoms with van der Waals surface area (Å²) in [7, 11) is -2.17. The Balaban J connectivity index is 0.00000196. The molecule has 2 nitrogen and oxygen atoms in total. The number of nitrogens with two attached hydrogens (primary N) is 1. The Morgan fingerprint density at radius 2 is 1.87 bits per heavy atom. The third kappa shape index (κ3) is 4.38. The van der Waals surface area contributed by atoms with Crippen molar-refractivity contribution in [3.8, 4) is 0 Å². The largest absolute Gasteiger partial charge is 0.328 e. The van der Waals surface area contributed by atoms with Crippen molar-refractivity contribution >= 4 is 24.9 Å². The molecule has 2 N–H and O–H groups in total. The molecule has 0 saturated heterocycles. The first kappa shape index (κ1) is 14.7. The van der Waals surface area contributed by atoms with E-state index in [0.29, 0.717) is 0 Å². The Morgan fingerprint density at radius 3 is 2.33 bits per heavy atom. The van der Waals surface area contributed by atoms with Gasteiger partial charge in [0.1, 0.15) is 7.14 Å². The van der Waals surface area contributed by atoms with E-state index in [1.54, 1.807) is 13.3 Å². The van der Waals surface area contributed by atoms with Crippen molar-refractivity contribution in [2.75, 3.05) is 13.3 Å². The molecule has 0 aliphatic rings. The van der Waals surface area contributed by atoms with Gasteiger partial charge in [0.25, 0.3) is 0 Å². The standard InChI is InChI=1S/C11H18NOP.ClH/c1-9(12)8-10-6-4-5-7-11(10)14(2,3)13;/h4-7,9H,8,12H2,1-3H3;1H. The predicted octanol–water partition coefficient (Wildman–Crippen LogP) is 2.25. The second-order valence-corrected chi connectivity index (χ2v) is 7.34. The summed E-state index contributed by atoms with van der Waals surface area (Å²) >= 11 is 0. The number of hydrogen-bond donors (Lipinski definition) is 1. The Kier molecular flexibility index (Phi) is 5.58. The normalized spacial score (nSPS) is 13.1. The van der Waals surface area contributed by atoms with Crippen LogP contribution in [0.1, 0.15) is 12.5 Å². The van der Waals surface area contributed by atoms with Crippen LogP contribution in [-0.4, -0.2) is 19.4 Å². The molecule has 0 saturated carbocycles. The topological polar surface area (TPSA) is 43.1 Å². The lowest BCUT2D eigenvalue weighted by Crippen LogP contribution is -2.22. The van der Waals surface area contributed by atoms with Crippen molar-refractivity contribution < 1.29 is 4.57 Å². The van der Waals surface area contributed by atoms with Gasteiger partial charge in [0.15, 0.2) is 0 Å². The minimum atomic E-state index is -2.17. The van der Waals surface area contributed by atoms with Crippen LogP contribution in [0.3, 0.4) is 0 Å². The van der Waals surface area contributed by atoms with Crippen molar-refractivity contribution in [1.82, 2.24) is 0 Å². The Bertz CT molecular complexity index is 359. The fourth-order valence-corrected chi connectivity index (χ4v) is 2.86. The number of hydrogen-bond acceptors (Lipinski definition) is 2. The molecule has 0 spiro atoms. The summed E-state index contributed by atoms with van der Waals surface area (Å²) in [5.74, 6) is 0. The Hall–Kier alpha value is -0.300. The first-order chi connectivity index (χ1) is 6.41. The van der Waals surface area contributed by atoms with Gasteiger partial charge in [0.2, 0.25) is 0 Å². The van der Waals surface area contributed by atoms with E-state index in [9.17, 15) is 4.57 Å². The quantitative estimate of drug-likeness (QED) is 0.833. The summed E-state index contributed by atoms with van der Waals surface area (Å²) in [6.45, 7) is 5.56. The van der Waals surface area contributed by atoms with Crippen LogP contribution in [0.2, 0.25) is 0 Å². The van der Waals surface area contributed by atoms with Gasteiger partial charge in [-0.15, -0.1) is 12.4 Å². The highest BCUT2D eigenvalue weighted by molar-refractivity contribution is 7.70. The predicted molar refractivity (Wildman–Crippen MR) is 70.1 cm³/mol. The Morgan fingerprint density at radius 1 is 1.33 bits per heavy atom. The van der Waals surface area contributed by atoms with E-state index in [4.69, 9.17) is 5.73 Å². The van der Waals surface area contributed by atoms with Gasteiger partial charge in [-0.1, -0.05) is 24.3 Å². The molecule has 4 heteroatoms. The van der Waals surface area contributed by atoms with E-state index in [1.807, 2.05) is 31.2 Å². The van der Waals surface area contributed by atoms with E-state index in [2.05, 4.69) is 0 Å². The van der Waals surface area contributed by atoms with Gasteiger partial charge < -0.3 is 10.3 Å². The van der Waals surface area contributed by atoms with Gasteiger partial charge in [-0.3, -0.25) is 0 Å². The second-order valence-electron chi connectivity index (χ2n) is 4.16. The number of benzene rings is 1. The van der Waals surface area contributed by atoms with Crippen molar-refractivity contribution in [2.45, 2.75) is 19.4 Å². The minimum Gasteiger partial charge on any atom is -0.328 e. The van der Waals surface area contributed by atoms with Crippen molar-refractivity contribution in [1.29, 1.82) is 0 Å². The molecular formula is C11H19ClNOP. The summed E-state index contributed by atoms with van der Waals surface area (Å²) in [5, 5.41) is 0.970. The van der Waals surface area contributed by atoms with Crippen molar-refractivity contribution in [2.24, 2.45) is 5.73 Å². The summed E-state index contributed by atoms with van der Waals surface area (Å²) in [4.78, 5) is 0. The molecule has 0 amide bonds. The maximum absolute atomic E-state index is 12.0. The Labute approximate surface area is 98.0 Å². The van der Waals surface area contributed by atoms with Crippen LogP contribution in [-0.2, 0) is 11.0 Å². The van der Waals surface area contributed by atoms with E-state index >= 15 is 0 Å². The second kappa shape index (κ2) is 5.69. The van der Waals surface area contributed by atoms with Crippen LogP contribution >= 0.6 is 19.5 Å². The fourth-order valence-electron chi connectivity index (χ4n) is 1.56. The van der Waals surface area contributed by atoms with Crippen molar-refractivity contribution in [3.05, 3.63) is 29.8 Å². The molecule has 1 rings (SSSR count). The van der Waals surface area contributed by atoms with E-state index in [0.717, 1.165) is 17.3 Å². The maximum Gasteiger partial charge on any atom is 0.110 e. The molecule has 1 atom stereocenters. The van der Waals surface area contributed by atoms with Gasteiger partial charge in [-0.05, 0) is 32.2 Å². The third-order valence-corrected chi connectivity index (χ3v) is 3.71. The van der Waals surface area contributed by atoms with Crippen LogP contribution in [0.15, 0.2) is 24.3 Å². The lowest BCUT2D eigenvalue weighted by Gasteiger charge is -2.14. The van der Waals surface area contributed by atoms with Gasteiger partial charge >= 0.3 is 0 Å². The molecule has 1 aromatic rings. The van der Waals surface area contributed by atoms with Crippen LogP contribution in [0.5, 0.6) is 0 Å². The third-order valence-electron chi connectivity index (χ3n) is 2.11. The molecule has 0 aliphatic heterocycles. The van der Waals surface area contributed by atoms with Crippen LogP contribution in [0.4, 0.5) is 0 Å². The highest BCUT2D eigenvalue weighted by atomic mass is 35.5. The van der Waals surface area contributed by atoms with Gasteiger partial charge in [-0.2, -0.15) is 0 Å². The SMILES string of the molecule is CC(N)Cc1ccccc1P(C)(C)=O.Cl. The molecule has 86 valence electrons. The van der Waals surface area contributed by atoms with Crippen LogP contribution < -0.4 is 11.0 Å². The minimum absolute atomic E-state index is 0. The summed E-state index contributed by atoms with van der Waals surface area (Å²) in [6.07, 6.45) is 0.793. The molecule has 0 heterocycles. The molecule has 15 heavy (non-hydrogen) atoms. The highest BCUT2D eigenvalue weighted by Gasteiger charge is 2.15. The summed E-state index contributed by atoms with van der Waals surface area (Å²) in [6, 6.07) is 7.97. The van der Waals surface area contributed by atoms with Crippen molar-refractivity contribution in [3.63, 3.8) is 0 Å². The highest BCUT2D eigenvalue weighted by Crippen LogP contribution is 2.35. The molecule has 0 radical (unpaired) electrons. The molecule has 0 aliphatic carbocycles. The summed E-state index contributed by atoms with van der Waals surface area (Å²) in [5.41, 5.74) is 6.87. The average molecular weight is 248 g/mol. The lowest BCUT2D eigenvalue weighted by atomic mass is 10.1. The fraction of sp³-hybridized carbons (Fsp3) is 0.455.